The minimum atomic E-state index is -3.09. The maximum absolute atomic E-state index is 13.0. The van der Waals surface area contributed by atoms with E-state index in [4.69, 9.17) is 11.6 Å². The molecule has 2 amide bonds. The Hall–Kier alpha value is -1.90. The largest absolute Gasteiger partial charge is 0.348 e. The number of nitrogens with one attached hydrogen (secondary N) is 2. The van der Waals surface area contributed by atoms with Crippen molar-refractivity contribution < 1.29 is 18.0 Å². The normalized spacial score (nSPS) is 20.0. The molecule has 0 saturated carbocycles. The molecule has 1 aromatic carbocycles. The Morgan fingerprint density at radius 1 is 1.18 bits per heavy atom. The lowest BCUT2D eigenvalue weighted by molar-refractivity contribution is 0.0941. The second kappa shape index (κ2) is 7.50. The third-order valence-corrected chi connectivity index (χ3v) is 8.24. The molecule has 28 heavy (non-hydrogen) atoms. The zero-order chi connectivity index (χ0) is 19.9. The van der Waals surface area contributed by atoms with E-state index in [0.717, 1.165) is 29.7 Å². The maximum Gasteiger partial charge on any atom is 0.256 e. The summed E-state index contributed by atoms with van der Waals surface area (Å²) < 4.78 is 23.4. The number of thiophene rings is 1. The highest BCUT2D eigenvalue weighted by Crippen LogP contribution is 2.39. The molecule has 1 aromatic heterocycles. The Bertz CT molecular complexity index is 1060. The molecule has 9 heteroatoms. The van der Waals surface area contributed by atoms with E-state index in [-0.39, 0.29) is 29.4 Å². The number of benzene rings is 1. The Labute approximate surface area is 172 Å². The van der Waals surface area contributed by atoms with E-state index >= 15 is 0 Å². The van der Waals surface area contributed by atoms with Crippen molar-refractivity contribution in [3.63, 3.8) is 0 Å². The van der Waals surface area contributed by atoms with E-state index in [2.05, 4.69) is 10.6 Å². The van der Waals surface area contributed by atoms with Crippen molar-refractivity contribution in [1.82, 2.24) is 5.32 Å². The molecule has 0 spiro atoms. The topological polar surface area (TPSA) is 92.3 Å². The van der Waals surface area contributed by atoms with Crippen LogP contribution in [0.15, 0.2) is 24.3 Å². The molecule has 4 rings (SSSR count). The second-order valence-electron chi connectivity index (χ2n) is 7.10. The molecule has 2 aliphatic rings. The summed E-state index contributed by atoms with van der Waals surface area (Å²) in [5.41, 5.74) is 1.84. The molecule has 6 nitrogen and oxygen atoms in total. The lowest BCUT2D eigenvalue weighted by atomic mass is 10.1. The smallest absolute Gasteiger partial charge is 0.256 e. The molecular weight excluding hydrogens is 420 g/mol. The zero-order valence-electron chi connectivity index (χ0n) is 15.0. The third kappa shape index (κ3) is 3.94. The monoisotopic (exact) mass is 438 g/mol. The number of aryl methyl sites for hydroxylation is 1. The first kappa shape index (κ1) is 19.4. The van der Waals surface area contributed by atoms with Gasteiger partial charge in [0.1, 0.15) is 5.00 Å². The van der Waals surface area contributed by atoms with Crippen molar-refractivity contribution in [2.45, 2.75) is 31.7 Å². The first-order valence-corrected chi connectivity index (χ1v) is 12.1. The molecule has 0 radical (unpaired) electrons. The molecular formula is C19H19ClN2O4S2. The predicted molar refractivity (Wildman–Crippen MR) is 110 cm³/mol. The maximum atomic E-state index is 13.0. The summed E-state index contributed by atoms with van der Waals surface area (Å²) in [6.45, 7) is 0. The van der Waals surface area contributed by atoms with Crippen LogP contribution in [-0.2, 0) is 22.7 Å². The van der Waals surface area contributed by atoms with Gasteiger partial charge < -0.3 is 10.6 Å². The standard InChI is InChI=1S/C19H19ClN2O4S2/c20-12-4-1-3-11(9-12)17(23)22-19-16(14-5-2-6-15(14)27-19)18(24)21-13-7-8-28(25,26)10-13/h1,3-4,9,13H,2,5-8,10H2,(H,21,24)(H,22,23)/t13-/m0/s1. The number of carbonyl (C=O) groups excluding carboxylic acids is 2. The molecule has 0 bridgehead atoms. The third-order valence-electron chi connectivity index (χ3n) is 5.03. The van der Waals surface area contributed by atoms with Crippen LogP contribution in [-0.4, -0.2) is 37.8 Å². The highest BCUT2D eigenvalue weighted by molar-refractivity contribution is 7.91. The number of amides is 2. The van der Waals surface area contributed by atoms with Gasteiger partial charge in [-0.05, 0) is 49.4 Å². The van der Waals surface area contributed by atoms with Gasteiger partial charge in [0.2, 0.25) is 0 Å². The van der Waals surface area contributed by atoms with Crippen LogP contribution >= 0.6 is 22.9 Å². The molecule has 1 fully saturated rings. The molecule has 1 aliphatic heterocycles. The number of fused-ring (bicyclic) bond motifs is 1. The average molecular weight is 439 g/mol. The van der Waals surface area contributed by atoms with Crippen LogP contribution in [0.1, 0.15) is 44.0 Å². The fraction of sp³-hybridized carbons (Fsp3) is 0.368. The fourth-order valence-electron chi connectivity index (χ4n) is 3.70. The van der Waals surface area contributed by atoms with E-state index in [9.17, 15) is 18.0 Å². The Morgan fingerprint density at radius 3 is 2.71 bits per heavy atom. The fourth-order valence-corrected chi connectivity index (χ4v) is 6.85. The van der Waals surface area contributed by atoms with Gasteiger partial charge in [0.05, 0.1) is 17.1 Å². The molecule has 2 aromatic rings. The lowest BCUT2D eigenvalue weighted by Gasteiger charge is -2.13. The molecule has 1 atom stereocenters. The number of sulfone groups is 1. The van der Waals surface area contributed by atoms with Gasteiger partial charge in [0.25, 0.3) is 11.8 Å². The summed E-state index contributed by atoms with van der Waals surface area (Å²) in [6.07, 6.45) is 3.06. The Kier molecular flexibility index (Phi) is 5.20. The number of halogens is 1. The summed E-state index contributed by atoms with van der Waals surface area (Å²) in [7, 11) is -3.09. The van der Waals surface area contributed by atoms with Crippen LogP contribution in [0.2, 0.25) is 5.02 Å². The van der Waals surface area contributed by atoms with Crippen LogP contribution in [0, 0.1) is 0 Å². The minimum absolute atomic E-state index is 0.0325. The quantitative estimate of drug-likeness (QED) is 0.767. The number of anilines is 1. The number of rotatable bonds is 4. The van der Waals surface area contributed by atoms with Gasteiger partial charge in [-0.2, -0.15) is 0 Å². The van der Waals surface area contributed by atoms with Gasteiger partial charge in [-0.3, -0.25) is 9.59 Å². The summed E-state index contributed by atoms with van der Waals surface area (Å²) in [4.78, 5) is 26.7. The molecule has 2 heterocycles. The Morgan fingerprint density at radius 2 is 2.00 bits per heavy atom. The number of hydrogen-bond donors (Lipinski definition) is 2. The highest BCUT2D eigenvalue weighted by atomic mass is 35.5. The van der Waals surface area contributed by atoms with Crippen LogP contribution in [0.3, 0.4) is 0 Å². The minimum Gasteiger partial charge on any atom is -0.348 e. The van der Waals surface area contributed by atoms with E-state index < -0.39 is 9.84 Å². The van der Waals surface area contributed by atoms with Gasteiger partial charge in [-0.25, -0.2) is 8.42 Å². The van der Waals surface area contributed by atoms with Gasteiger partial charge in [0.15, 0.2) is 9.84 Å². The van der Waals surface area contributed by atoms with Gasteiger partial charge in [-0.1, -0.05) is 17.7 Å². The van der Waals surface area contributed by atoms with Crippen LogP contribution in [0.4, 0.5) is 5.00 Å². The first-order valence-electron chi connectivity index (χ1n) is 9.05. The summed E-state index contributed by atoms with van der Waals surface area (Å²) in [5, 5.41) is 6.66. The van der Waals surface area contributed by atoms with E-state index in [1.807, 2.05) is 0 Å². The van der Waals surface area contributed by atoms with Gasteiger partial charge in [0, 0.05) is 21.5 Å². The van der Waals surface area contributed by atoms with Gasteiger partial charge >= 0.3 is 0 Å². The molecule has 1 aliphatic carbocycles. The number of hydrogen-bond acceptors (Lipinski definition) is 5. The van der Waals surface area contributed by atoms with Crippen molar-refractivity contribution in [3.8, 4) is 0 Å². The summed E-state index contributed by atoms with van der Waals surface area (Å²) >= 11 is 7.38. The van der Waals surface area contributed by atoms with E-state index in [1.165, 1.54) is 11.3 Å². The molecule has 0 unspecified atom stereocenters. The highest BCUT2D eigenvalue weighted by Gasteiger charge is 2.32. The van der Waals surface area contributed by atoms with Crippen molar-refractivity contribution in [2.24, 2.45) is 0 Å². The summed E-state index contributed by atoms with van der Waals surface area (Å²) in [5.74, 6) is -0.587. The lowest BCUT2D eigenvalue weighted by Crippen LogP contribution is -2.36. The van der Waals surface area contributed by atoms with Crippen LogP contribution in [0.5, 0.6) is 0 Å². The SMILES string of the molecule is O=C(Nc1sc2c(c1C(=O)N[C@H]1CCS(=O)(=O)C1)CCC2)c1cccc(Cl)c1. The van der Waals surface area contributed by atoms with Crippen molar-refractivity contribution in [1.29, 1.82) is 0 Å². The zero-order valence-corrected chi connectivity index (χ0v) is 17.3. The number of carbonyl (C=O) groups is 2. The average Bonchev–Trinajstić information content (AvgIpc) is 3.29. The molecule has 148 valence electrons. The first-order chi connectivity index (χ1) is 13.3. The van der Waals surface area contributed by atoms with Crippen molar-refractivity contribution >= 4 is 49.6 Å². The summed E-state index contributed by atoms with van der Waals surface area (Å²) in [6, 6.07) is 6.23. The van der Waals surface area contributed by atoms with Crippen LogP contribution < -0.4 is 10.6 Å². The second-order valence-corrected chi connectivity index (χ2v) is 10.9. The van der Waals surface area contributed by atoms with E-state index in [0.29, 0.717) is 27.6 Å². The molecule has 1 saturated heterocycles. The Balaban J connectivity index is 1.58. The van der Waals surface area contributed by atoms with E-state index in [1.54, 1.807) is 24.3 Å². The van der Waals surface area contributed by atoms with Gasteiger partial charge in [-0.15, -0.1) is 11.3 Å². The van der Waals surface area contributed by atoms with Crippen LogP contribution in [0.25, 0.3) is 0 Å². The predicted octanol–water partition coefficient (Wildman–Crippen LogP) is 3.06. The van der Waals surface area contributed by atoms with Crippen molar-refractivity contribution in [3.05, 3.63) is 50.9 Å². The molecule has 2 N–H and O–H groups in total. The van der Waals surface area contributed by atoms with Crippen molar-refractivity contribution in [2.75, 3.05) is 16.8 Å².